The molecule has 0 unspecified atom stereocenters. The summed E-state index contributed by atoms with van der Waals surface area (Å²) in [6, 6.07) is 6.42. The van der Waals surface area contributed by atoms with Gasteiger partial charge in [0.05, 0.1) is 11.9 Å². The lowest BCUT2D eigenvalue weighted by Crippen LogP contribution is -2.02. The van der Waals surface area contributed by atoms with Gasteiger partial charge in [0, 0.05) is 5.56 Å². The number of halogens is 1. The summed E-state index contributed by atoms with van der Waals surface area (Å²) in [5.74, 6) is -0.249. The van der Waals surface area contributed by atoms with E-state index >= 15 is 0 Å². The van der Waals surface area contributed by atoms with Crippen molar-refractivity contribution in [3.63, 3.8) is 0 Å². The molecule has 1 aromatic carbocycles. The first kappa shape index (κ1) is 9.86. The average Bonchev–Trinajstić information content (AvgIpc) is 2.66. The zero-order valence-electron chi connectivity index (χ0n) is 8.20. The van der Waals surface area contributed by atoms with E-state index in [-0.39, 0.29) is 5.82 Å². The minimum atomic E-state index is -0.249. The number of benzene rings is 1. The normalized spacial score (nSPS) is 10.5. The van der Waals surface area contributed by atoms with Crippen molar-refractivity contribution >= 4 is 0 Å². The predicted molar refractivity (Wildman–Crippen MR) is 56.7 cm³/mol. The van der Waals surface area contributed by atoms with Crippen LogP contribution in [0.25, 0.3) is 11.3 Å². The third kappa shape index (κ3) is 2.05. The number of hydrogen-bond donors (Lipinski definition) is 2. The Kier molecular flexibility index (Phi) is 2.78. The van der Waals surface area contributed by atoms with Crippen LogP contribution in [0.1, 0.15) is 5.56 Å². The number of aromatic nitrogens is 2. The van der Waals surface area contributed by atoms with E-state index in [0.29, 0.717) is 6.54 Å². The molecule has 0 aliphatic rings. The zero-order valence-corrected chi connectivity index (χ0v) is 8.20. The molecule has 3 N–H and O–H groups in total. The van der Waals surface area contributed by atoms with Crippen LogP contribution in [0.5, 0.6) is 0 Å². The molecule has 0 aliphatic carbocycles. The molecule has 0 aliphatic heterocycles. The van der Waals surface area contributed by atoms with E-state index in [1.165, 1.54) is 12.1 Å². The summed E-state index contributed by atoms with van der Waals surface area (Å²) < 4.78 is 13.0. The fraction of sp³-hybridized carbons (Fsp3) is 0.182. The fourth-order valence-electron chi connectivity index (χ4n) is 1.55. The van der Waals surface area contributed by atoms with Crippen LogP contribution < -0.4 is 5.73 Å². The van der Waals surface area contributed by atoms with E-state index in [1.807, 2.05) is 6.07 Å². The Balaban J connectivity index is 2.40. The molecular formula is C11H12FN3. The van der Waals surface area contributed by atoms with Gasteiger partial charge in [-0.3, -0.25) is 5.10 Å². The molecule has 3 nitrogen and oxygen atoms in total. The van der Waals surface area contributed by atoms with E-state index in [0.717, 1.165) is 23.2 Å². The Morgan fingerprint density at radius 2 is 2.27 bits per heavy atom. The highest BCUT2D eigenvalue weighted by Crippen LogP contribution is 2.21. The van der Waals surface area contributed by atoms with Gasteiger partial charge in [-0.25, -0.2) is 4.39 Å². The second kappa shape index (κ2) is 4.23. The number of nitrogens with two attached hydrogens (primary N) is 1. The Morgan fingerprint density at radius 3 is 3.00 bits per heavy atom. The highest BCUT2D eigenvalue weighted by molar-refractivity contribution is 5.62. The van der Waals surface area contributed by atoms with E-state index in [2.05, 4.69) is 10.2 Å². The molecule has 15 heavy (non-hydrogen) atoms. The molecule has 0 bridgehead atoms. The molecule has 2 rings (SSSR count). The van der Waals surface area contributed by atoms with E-state index in [4.69, 9.17) is 5.73 Å². The summed E-state index contributed by atoms with van der Waals surface area (Å²) in [4.78, 5) is 0. The SMILES string of the molecule is NCCc1cn[nH]c1-c1cccc(F)c1. The van der Waals surface area contributed by atoms with E-state index < -0.39 is 0 Å². The molecule has 0 amide bonds. The lowest BCUT2D eigenvalue weighted by atomic mass is 10.1. The van der Waals surface area contributed by atoms with Crippen LogP contribution in [0.15, 0.2) is 30.5 Å². The molecule has 2 aromatic rings. The molecule has 78 valence electrons. The van der Waals surface area contributed by atoms with Crippen molar-refractivity contribution < 1.29 is 4.39 Å². The fourth-order valence-corrected chi connectivity index (χ4v) is 1.55. The predicted octanol–water partition coefficient (Wildman–Crippen LogP) is 1.72. The van der Waals surface area contributed by atoms with Crippen molar-refractivity contribution in [1.82, 2.24) is 10.2 Å². The monoisotopic (exact) mass is 205 g/mol. The van der Waals surface area contributed by atoms with Crippen molar-refractivity contribution in [2.45, 2.75) is 6.42 Å². The lowest BCUT2D eigenvalue weighted by molar-refractivity contribution is 0.628. The van der Waals surface area contributed by atoms with Crippen LogP contribution >= 0.6 is 0 Å². The molecule has 4 heteroatoms. The molecule has 0 saturated heterocycles. The maximum Gasteiger partial charge on any atom is 0.123 e. The van der Waals surface area contributed by atoms with Crippen molar-refractivity contribution in [3.05, 3.63) is 41.8 Å². The van der Waals surface area contributed by atoms with Gasteiger partial charge < -0.3 is 5.73 Å². The van der Waals surface area contributed by atoms with Gasteiger partial charge in [-0.2, -0.15) is 5.10 Å². The number of nitrogens with one attached hydrogen (secondary N) is 1. The molecular weight excluding hydrogens is 193 g/mol. The first-order valence-electron chi connectivity index (χ1n) is 4.79. The molecule has 0 spiro atoms. The first-order valence-corrected chi connectivity index (χ1v) is 4.79. The molecule has 1 heterocycles. The van der Waals surface area contributed by atoms with Gasteiger partial charge in [-0.15, -0.1) is 0 Å². The second-order valence-corrected chi connectivity index (χ2v) is 3.32. The largest absolute Gasteiger partial charge is 0.330 e. The summed E-state index contributed by atoms with van der Waals surface area (Å²) >= 11 is 0. The van der Waals surface area contributed by atoms with Crippen LogP contribution in [0.2, 0.25) is 0 Å². The topological polar surface area (TPSA) is 54.7 Å². The number of aromatic amines is 1. The minimum absolute atomic E-state index is 0.249. The number of H-pyrrole nitrogens is 1. The second-order valence-electron chi connectivity index (χ2n) is 3.32. The molecule has 0 radical (unpaired) electrons. The number of rotatable bonds is 3. The summed E-state index contributed by atoms with van der Waals surface area (Å²) in [5.41, 5.74) is 8.15. The van der Waals surface area contributed by atoms with E-state index in [9.17, 15) is 4.39 Å². The quantitative estimate of drug-likeness (QED) is 0.801. The Morgan fingerprint density at radius 1 is 1.40 bits per heavy atom. The highest BCUT2D eigenvalue weighted by Gasteiger charge is 2.07. The maximum atomic E-state index is 13.0. The van der Waals surface area contributed by atoms with Gasteiger partial charge >= 0.3 is 0 Å². The minimum Gasteiger partial charge on any atom is -0.330 e. The number of hydrogen-bond acceptors (Lipinski definition) is 2. The molecule has 0 fully saturated rings. The van der Waals surface area contributed by atoms with Gasteiger partial charge in [-0.05, 0) is 30.7 Å². The van der Waals surface area contributed by atoms with Crippen molar-refractivity contribution in [2.75, 3.05) is 6.54 Å². The van der Waals surface area contributed by atoms with Crippen molar-refractivity contribution in [3.8, 4) is 11.3 Å². The van der Waals surface area contributed by atoms with Crippen LogP contribution in [-0.4, -0.2) is 16.7 Å². The van der Waals surface area contributed by atoms with Crippen LogP contribution in [0.3, 0.4) is 0 Å². The summed E-state index contributed by atoms with van der Waals surface area (Å²) in [6.07, 6.45) is 2.47. The highest BCUT2D eigenvalue weighted by atomic mass is 19.1. The molecule has 0 atom stereocenters. The van der Waals surface area contributed by atoms with Crippen molar-refractivity contribution in [2.24, 2.45) is 5.73 Å². The average molecular weight is 205 g/mol. The van der Waals surface area contributed by atoms with Crippen LogP contribution in [0, 0.1) is 5.82 Å². The third-order valence-corrected chi connectivity index (χ3v) is 2.24. The summed E-state index contributed by atoms with van der Waals surface area (Å²) in [7, 11) is 0. The standard InChI is InChI=1S/C11H12FN3/c12-10-3-1-2-8(6-10)11-9(4-5-13)7-14-15-11/h1-3,6-7H,4-5,13H2,(H,14,15). The van der Waals surface area contributed by atoms with Crippen molar-refractivity contribution in [1.29, 1.82) is 0 Å². The van der Waals surface area contributed by atoms with Gasteiger partial charge in [-0.1, -0.05) is 12.1 Å². The van der Waals surface area contributed by atoms with Crippen LogP contribution in [0.4, 0.5) is 4.39 Å². The van der Waals surface area contributed by atoms with E-state index in [1.54, 1.807) is 12.3 Å². The van der Waals surface area contributed by atoms with Gasteiger partial charge in [0.1, 0.15) is 5.82 Å². The Bertz CT molecular complexity index is 451. The van der Waals surface area contributed by atoms with Crippen LogP contribution in [-0.2, 0) is 6.42 Å². The third-order valence-electron chi connectivity index (χ3n) is 2.24. The number of nitrogens with zero attached hydrogens (tertiary/aromatic N) is 1. The molecule has 0 saturated carbocycles. The first-order chi connectivity index (χ1) is 7.31. The van der Waals surface area contributed by atoms with Gasteiger partial charge in [0.15, 0.2) is 0 Å². The Hall–Kier alpha value is -1.68. The Labute approximate surface area is 87.1 Å². The summed E-state index contributed by atoms with van der Waals surface area (Å²) in [5, 5.41) is 6.81. The zero-order chi connectivity index (χ0) is 10.7. The van der Waals surface area contributed by atoms with Gasteiger partial charge in [0.2, 0.25) is 0 Å². The lowest BCUT2D eigenvalue weighted by Gasteiger charge is -2.01. The maximum absolute atomic E-state index is 13.0. The smallest absolute Gasteiger partial charge is 0.123 e. The van der Waals surface area contributed by atoms with Gasteiger partial charge in [0.25, 0.3) is 0 Å². The molecule has 1 aromatic heterocycles. The summed E-state index contributed by atoms with van der Waals surface area (Å²) in [6.45, 7) is 0.557.